The molecule has 5 heterocycles. The summed E-state index contributed by atoms with van der Waals surface area (Å²) in [5.41, 5.74) is 1.23. The van der Waals surface area contributed by atoms with E-state index in [1.54, 1.807) is 30.2 Å². The van der Waals surface area contributed by atoms with Crippen LogP contribution in [0, 0.1) is 6.92 Å². The van der Waals surface area contributed by atoms with Crippen molar-refractivity contribution in [1.29, 1.82) is 0 Å². The van der Waals surface area contributed by atoms with E-state index in [2.05, 4.69) is 20.1 Å². The van der Waals surface area contributed by atoms with Gasteiger partial charge in [0, 0.05) is 51.3 Å². The Kier molecular flexibility index (Phi) is 5.45. The van der Waals surface area contributed by atoms with Crippen LogP contribution in [0.15, 0.2) is 43.0 Å². The number of anilines is 1. The molecular formula is C23H23F3N8O. The first-order valence-corrected chi connectivity index (χ1v) is 11.1. The van der Waals surface area contributed by atoms with Crippen LogP contribution in [0.3, 0.4) is 0 Å². The van der Waals surface area contributed by atoms with Crippen molar-refractivity contribution in [1.82, 2.24) is 34.0 Å². The number of aromatic nitrogens is 6. The molecule has 12 heteroatoms. The number of imidazole rings is 1. The number of rotatable bonds is 3. The molecule has 0 aliphatic carbocycles. The monoisotopic (exact) mass is 484 g/mol. The number of nitrogens with zero attached hydrogens (tertiary/aromatic N) is 8. The Labute approximate surface area is 198 Å². The molecule has 5 rings (SSSR count). The average molecular weight is 484 g/mol. The zero-order valence-corrected chi connectivity index (χ0v) is 19.4. The number of hydrogen-bond acceptors (Lipinski definition) is 6. The number of halogens is 3. The van der Waals surface area contributed by atoms with E-state index in [0.717, 1.165) is 12.3 Å². The van der Waals surface area contributed by atoms with Crippen LogP contribution in [-0.2, 0) is 13.2 Å². The number of amides is 1. The summed E-state index contributed by atoms with van der Waals surface area (Å²) in [4.78, 5) is 30.0. The Morgan fingerprint density at radius 1 is 1.11 bits per heavy atom. The van der Waals surface area contributed by atoms with Crippen LogP contribution in [0.4, 0.5) is 19.0 Å². The van der Waals surface area contributed by atoms with E-state index in [9.17, 15) is 18.0 Å². The minimum atomic E-state index is -4.47. The zero-order valence-electron chi connectivity index (χ0n) is 19.4. The molecule has 9 nitrogen and oxygen atoms in total. The maximum Gasteiger partial charge on any atom is 0.417 e. The van der Waals surface area contributed by atoms with E-state index < -0.39 is 11.7 Å². The summed E-state index contributed by atoms with van der Waals surface area (Å²) >= 11 is 0. The lowest BCUT2D eigenvalue weighted by Gasteiger charge is -2.40. The molecule has 35 heavy (non-hydrogen) atoms. The Balaban J connectivity index is 1.38. The van der Waals surface area contributed by atoms with Crippen molar-refractivity contribution in [3.05, 3.63) is 59.8 Å². The van der Waals surface area contributed by atoms with Crippen LogP contribution in [0.25, 0.3) is 17.2 Å². The molecule has 0 saturated carbocycles. The van der Waals surface area contributed by atoms with Gasteiger partial charge in [0.15, 0.2) is 5.82 Å². The third kappa shape index (κ3) is 4.19. The first kappa shape index (κ1) is 22.8. The molecule has 0 bridgehead atoms. The van der Waals surface area contributed by atoms with Gasteiger partial charge in [0.05, 0.1) is 23.0 Å². The van der Waals surface area contributed by atoms with Crippen molar-refractivity contribution in [2.45, 2.75) is 26.1 Å². The number of carbonyl (C=O) groups excluding carboxylic acids is 1. The summed E-state index contributed by atoms with van der Waals surface area (Å²) in [5, 5.41) is 4.26. The van der Waals surface area contributed by atoms with Crippen molar-refractivity contribution in [3.63, 3.8) is 0 Å². The first-order chi connectivity index (χ1) is 16.6. The molecule has 1 atom stereocenters. The SMILES string of the molecule is Cc1nn(C)cc1C(=O)N1CCN(c2ccnc(-c3cnc4ccc(C(F)(F)F)cn34)n2)C[C@H]1C. The van der Waals surface area contributed by atoms with Gasteiger partial charge in [-0.25, -0.2) is 15.0 Å². The summed E-state index contributed by atoms with van der Waals surface area (Å²) in [5.74, 6) is 0.845. The van der Waals surface area contributed by atoms with Gasteiger partial charge in [-0.15, -0.1) is 0 Å². The Hall–Kier alpha value is -3.96. The van der Waals surface area contributed by atoms with Crippen LogP contribution >= 0.6 is 0 Å². The number of aryl methyl sites for hydroxylation is 2. The molecule has 1 fully saturated rings. The Bertz CT molecular complexity index is 1410. The molecule has 0 N–H and O–H groups in total. The van der Waals surface area contributed by atoms with Gasteiger partial charge in [-0.3, -0.25) is 13.9 Å². The lowest BCUT2D eigenvalue weighted by atomic mass is 10.1. The van der Waals surface area contributed by atoms with Crippen LogP contribution in [0.1, 0.15) is 28.5 Å². The molecule has 1 amide bonds. The van der Waals surface area contributed by atoms with Gasteiger partial charge >= 0.3 is 6.18 Å². The third-order valence-corrected chi connectivity index (χ3v) is 6.16. The standard InChI is InChI=1S/C23H23F3N8O/c1-14-11-32(8-9-33(14)22(35)17-13-31(3)30-15(17)2)20-6-7-27-21(29-20)18-10-28-19-5-4-16(12-34(18)19)23(24,25)26/h4-7,10,12-14H,8-9,11H2,1-3H3/t14-/m1/s1. The van der Waals surface area contributed by atoms with Crippen molar-refractivity contribution >= 4 is 17.4 Å². The second-order valence-electron chi connectivity index (χ2n) is 8.62. The van der Waals surface area contributed by atoms with Crippen molar-refractivity contribution in [3.8, 4) is 11.5 Å². The van der Waals surface area contributed by atoms with E-state index >= 15 is 0 Å². The number of hydrogen-bond donors (Lipinski definition) is 0. The maximum atomic E-state index is 13.2. The lowest BCUT2D eigenvalue weighted by molar-refractivity contribution is -0.137. The van der Waals surface area contributed by atoms with Crippen molar-refractivity contribution in [2.24, 2.45) is 7.05 Å². The summed E-state index contributed by atoms with van der Waals surface area (Å²) in [6.45, 7) is 5.39. The van der Waals surface area contributed by atoms with Gasteiger partial charge in [0.25, 0.3) is 5.91 Å². The third-order valence-electron chi connectivity index (χ3n) is 6.16. The summed E-state index contributed by atoms with van der Waals surface area (Å²) in [7, 11) is 1.78. The summed E-state index contributed by atoms with van der Waals surface area (Å²) in [6.07, 6.45) is 1.30. The molecule has 1 aliphatic heterocycles. The van der Waals surface area contributed by atoms with E-state index in [0.29, 0.717) is 48.1 Å². The summed E-state index contributed by atoms with van der Waals surface area (Å²) in [6, 6.07) is 3.99. The fourth-order valence-corrected chi connectivity index (χ4v) is 4.39. The first-order valence-electron chi connectivity index (χ1n) is 11.1. The smallest absolute Gasteiger partial charge is 0.353 e. The topological polar surface area (TPSA) is 84.5 Å². The highest BCUT2D eigenvalue weighted by molar-refractivity contribution is 5.95. The number of piperazine rings is 1. The van der Waals surface area contributed by atoms with Crippen molar-refractivity contribution in [2.75, 3.05) is 24.5 Å². The minimum Gasteiger partial charge on any atom is -0.353 e. The highest BCUT2D eigenvalue weighted by atomic mass is 19.4. The predicted molar refractivity (Wildman–Crippen MR) is 122 cm³/mol. The highest BCUT2D eigenvalue weighted by Gasteiger charge is 2.32. The van der Waals surface area contributed by atoms with E-state index in [-0.39, 0.29) is 17.8 Å². The fraction of sp³-hybridized carbons (Fsp3) is 0.348. The zero-order chi connectivity index (χ0) is 24.9. The molecule has 0 spiro atoms. The van der Waals surface area contributed by atoms with Gasteiger partial charge in [-0.05, 0) is 32.0 Å². The number of carbonyl (C=O) groups is 1. The minimum absolute atomic E-state index is 0.0580. The lowest BCUT2D eigenvalue weighted by Crippen LogP contribution is -2.54. The van der Waals surface area contributed by atoms with Crippen LogP contribution < -0.4 is 4.90 Å². The maximum absolute atomic E-state index is 13.2. The molecule has 1 saturated heterocycles. The average Bonchev–Trinajstić information content (AvgIpc) is 3.40. The predicted octanol–water partition coefficient (Wildman–Crippen LogP) is 3.20. The molecule has 1 aliphatic rings. The van der Waals surface area contributed by atoms with E-state index in [1.807, 2.05) is 23.6 Å². The largest absolute Gasteiger partial charge is 0.417 e. The molecule has 4 aromatic heterocycles. The number of alkyl halides is 3. The highest BCUT2D eigenvalue weighted by Crippen LogP contribution is 2.30. The Morgan fingerprint density at radius 3 is 2.60 bits per heavy atom. The molecule has 0 aromatic carbocycles. The second-order valence-corrected chi connectivity index (χ2v) is 8.62. The Morgan fingerprint density at radius 2 is 1.91 bits per heavy atom. The molecular weight excluding hydrogens is 461 g/mol. The normalized spacial score (nSPS) is 16.8. The fourth-order valence-electron chi connectivity index (χ4n) is 4.39. The molecule has 182 valence electrons. The molecule has 0 radical (unpaired) electrons. The summed E-state index contributed by atoms with van der Waals surface area (Å²) < 4.78 is 42.6. The number of fused-ring (bicyclic) bond motifs is 1. The van der Waals surface area contributed by atoms with Crippen LogP contribution in [0.5, 0.6) is 0 Å². The number of pyridine rings is 1. The van der Waals surface area contributed by atoms with Gasteiger partial charge in [-0.1, -0.05) is 0 Å². The van der Waals surface area contributed by atoms with Gasteiger partial charge in [0.2, 0.25) is 0 Å². The van der Waals surface area contributed by atoms with Gasteiger partial charge < -0.3 is 9.80 Å². The van der Waals surface area contributed by atoms with E-state index in [1.165, 1.54) is 16.7 Å². The molecule has 0 unspecified atom stereocenters. The van der Waals surface area contributed by atoms with Crippen LogP contribution in [0.2, 0.25) is 0 Å². The quantitative estimate of drug-likeness (QED) is 0.444. The van der Waals surface area contributed by atoms with Gasteiger partial charge in [0.1, 0.15) is 17.2 Å². The van der Waals surface area contributed by atoms with Crippen LogP contribution in [-0.4, -0.2) is 65.6 Å². The van der Waals surface area contributed by atoms with E-state index in [4.69, 9.17) is 0 Å². The van der Waals surface area contributed by atoms with Gasteiger partial charge in [-0.2, -0.15) is 18.3 Å². The van der Waals surface area contributed by atoms with Crippen molar-refractivity contribution < 1.29 is 18.0 Å². The second kappa shape index (κ2) is 8.36. The molecule has 4 aromatic rings.